The molecule has 3 rings (SSSR count). The summed E-state index contributed by atoms with van der Waals surface area (Å²) in [6.45, 7) is 7.60. The fraction of sp³-hybridized carbons (Fsp3) is 0.500. The van der Waals surface area contributed by atoms with Crippen LogP contribution in [0.5, 0.6) is 11.5 Å². The van der Waals surface area contributed by atoms with Gasteiger partial charge >= 0.3 is 5.97 Å². The molecule has 1 aliphatic rings. The van der Waals surface area contributed by atoms with Crippen LogP contribution in [0.15, 0.2) is 39.5 Å². The third kappa shape index (κ3) is 5.62. The van der Waals surface area contributed by atoms with Gasteiger partial charge in [0, 0.05) is 43.9 Å². The maximum atomic E-state index is 12.4. The number of carbonyl (C=O) groups is 1. The monoisotopic (exact) mass is 444 g/mol. The van der Waals surface area contributed by atoms with Crippen molar-refractivity contribution >= 4 is 11.7 Å². The zero-order valence-electron chi connectivity index (χ0n) is 19.2. The third-order valence-electron chi connectivity index (χ3n) is 5.94. The first-order valence-electron chi connectivity index (χ1n) is 10.9. The molecule has 1 aliphatic heterocycles. The van der Waals surface area contributed by atoms with Crippen LogP contribution in [0, 0.1) is 5.92 Å². The van der Waals surface area contributed by atoms with Gasteiger partial charge in [-0.25, -0.2) is 0 Å². The Morgan fingerprint density at radius 1 is 1.12 bits per heavy atom. The highest BCUT2D eigenvalue weighted by molar-refractivity contribution is 5.70. The Balaban J connectivity index is 1.70. The van der Waals surface area contributed by atoms with E-state index in [0.29, 0.717) is 12.3 Å². The van der Waals surface area contributed by atoms with Gasteiger partial charge in [0.1, 0.15) is 11.5 Å². The summed E-state index contributed by atoms with van der Waals surface area (Å²) in [5, 5.41) is 10.3. The van der Waals surface area contributed by atoms with Gasteiger partial charge in [-0.3, -0.25) is 14.5 Å². The van der Waals surface area contributed by atoms with Crippen molar-refractivity contribution in [1.29, 1.82) is 0 Å². The number of hydrogen-bond acceptors (Lipinski definition) is 8. The first-order chi connectivity index (χ1) is 15.3. The molecule has 2 aromatic rings. The largest absolute Gasteiger partial charge is 0.502 e. The molecule has 0 radical (unpaired) electrons. The zero-order valence-corrected chi connectivity index (χ0v) is 19.2. The summed E-state index contributed by atoms with van der Waals surface area (Å²) in [6, 6.07) is 9.34. The smallest absolute Gasteiger partial charge is 0.306 e. The second-order valence-electron chi connectivity index (χ2n) is 8.38. The molecule has 8 heteroatoms. The predicted octanol–water partition coefficient (Wildman–Crippen LogP) is 2.98. The van der Waals surface area contributed by atoms with Crippen molar-refractivity contribution in [1.82, 2.24) is 4.90 Å². The minimum atomic E-state index is -0.492. The number of aromatic hydroxyl groups is 1. The van der Waals surface area contributed by atoms with Gasteiger partial charge in [-0.05, 0) is 30.2 Å². The molecule has 0 unspecified atom stereocenters. The number of nitrogens with zero attached hydrogens (tertiary/aromatic N) is 2. The van der Waals surface area contributed by atoms with Crippen LogP contribution in [0.25, 0.3) is 0 Å². The van der Waals surface area contributed by atoms with Crippen molar-refractivity contribution < 1.29 is 23.8 Å². The van der Waals surface area contributed by atoms with Crippen molar-refractivity contribution in [3.05, 3.63) is 52.1 Å². The summed E-state index contributed by atoms with van der Waals surface area (Å²) >= 11 is 0. The fourth-order valence-electron chi connectivity index (χ4n) is 3.96. The van der Waals surface area contributed by atoms with Crippen LogP contribution in [0.4, 0.5) is 5.69 Å². The van der Waals surface area contributed by atoms with Crippen molar-refractivity contribution in [2.75, 3.05) is 45.3 Å². The molecule has 32 heavy (non-hydrogen) atoms. The maximum Gasteiger partial charge on any atom is 0.306 e. The molecule has 1 saturated heterocycles. The fourth-order valence-corrected chi connectivity index (χ4v) is 3.96. The zero-order chi connectivity index (χ0) is 23.3. The molecular weight excluding hydrogens is 412 g/mol. The van der Waals surface area contributed by atoms with Gasteiger partial charge in [-0.2, -0.15) is 0 Å². The highest BCUT2D eigenvalue weighted by atomic mass is 16.5. The Labute approximate surface area is 188 Å². The summed E-state index contributed by atoms with van der Waals surface area (Å²) in [5.41, 5.74) is 0.653. The van der Waals surface area contributed by atoms with E-state index in [1.165, 1.54) is 13.2 Å². The van der Waals surface area contributed by atoms with Crippen molar-refractivity contribution in [2.45, 2.75) is 32.7 Å². The van der Waals surface area contributed by atoms with Crippen LogP contribution in [-0.4, -0.2) is 56.4 Å². The summed E-state index contributed by atoms with van der Waals surface area (Å²) in [4.78, 5) is 28.8. The van der Waals surface area contributed by atoms with Crippen LogP contribution in [0.3, 0.4) is 0 Å². The van der Waals surface area contributed by atoms with Gasteiger partial charge in [-0.15, -0.1) is 0 Å². The van der Waals surface area contributed by atoms with Gasteiger partial charge in [0.05, 0.1) is 27.2 Å². The van der Waals surface area contributed by atoms with Crippen molar-refractivity contribution in [3.8, 4) is 11.5 Å². The average molecular weight is 445 g/mol. The number of esters is 1. The lowest BCUT2D eigenvalue weighted by Crippen LogP contribution is -2.46. The van der Waals surface area contributed by atoms with E-state index in [2.05, 4.69) is 9.80 Å². The lowest BCUT2D eigenvalue weighted by Gasteiger charge is -2.36. The lowest BCUT2D eigenvalue weighted by atomic mass is 9.89. The van der Waals surface area contributed by atoms with E-state index in [1.54, 1.807) is 7.11 Å². The van der Waals surface area contributed by atoms with Crippen LogP contribution in [0.2, 0.25) is 0 Å². The molecule has 0 spiro atoms. The number of methoxy groups -OCH3 is 2. The molecular formula is C24H32N2O6. The maximum absolute atomic E-state index is 12.4. The van der Waals surface area contributed by atoms with Crippen molar-refractivity contribution in [2.24, 2.45) is 5.92 Å². The normalized spacial score (nSPS) is 15.6. The molecule has 2 heterocycles. The predicted molar refractivity (Wildman–Crippen MR) is 121 cm³/mol. The minimum absolute atomic E-state index is 0.0218. The molecule has 0 saturated carbocycles. The second kappa shape index (κ2) is 10.5. The Morgan fingerprint density at radius 3 is 2.34 bits per heavy atom. The topological polar surface area (TPSA) is 92.5 Å². The van der Waals surface area contributed by atoms with E-state index < -0.39 is 23.1 Å². The van der Waals surface area contributed by atoms with Gasteiger partial charge in [0.2, 0.25) is 11.2 Å². The molecule has 1 atom stereocenters. The summed E-state index contributed by atoms with van der Waals surface area (Å²) in [7, 11) is 2.97. The van der Waals surface area contributed by atoms with E-state index in [1.807, 2.05) is 38.1 Å². The summed E-state index contributed by atoms with van der Waals surface area (Å²) in [6.07, 6.45) is 0.0364. The molecule has 0 aliphatic carbocycles. The molecule has 0 amide bonds. The molecule has 1 aromatic heterocycles. The SMILES string of the molecule is COC(=O)C[C@H](c1oc(CN2CCN(c3ccc(OC)cc3)CC2)cc(=O)c1O)C(C)C. The van der Waals surface area contributed by atoms with Crippen LogP contribution < -0.4 is 15.1 Å². The van der Waals surface area contributed by atoms with Crippen molar-refractivity contribution in [3.63, 3.8) is 0 Å². The van der Waals surface area contributed by atoms with Gasteiger partial charge in [0.15, 0.2) is 5.76 Å². The highest BCUT2D eigenvalue weighted by Crippen LogP contribution is 2.33. The van der Waals surface area contributed by atoms with E-state index >= 15 is 0 Å². The molecule has 1 N–H and O–H groups in total. The van der Waals surface area contributed by atoms with Gasteiger partial charge in [0.25, 0.3) is 0 Å². The van der Waals surface area contributed by atoms with E-state index in [4.69, 9.17) is 13.9 Å². The van der Waals surface area contributed by atoms with Gasteiger partial charge < -0.3 is 23.9 Å². The number of benzene rings is 1. The number of hydrogen-bond donors (Lipinski definition) is 1. The molecule has 1 fully saturated rings. The lowest BCUT2D eigenvalue weighted by molar-refractivity contribution is -0.141. The third-order valence-corrected chi connectivity index (χ3v) is 5.94. The number of ether oxygens (including phenoxy) is 2. The van der Waals surface area contributed by atoms with E-state index in [9.17, 15) is 14.7 Å². The van der Waals surface area contributed by atoms with E-state index in [0.717, 1.165) is 37.6 Å². The number of piperazine rings is 1. The number of anilines is 1. The Hall–Kier alpha value is -3.00. The van der Waals surface area contributed by atoms with Gasteiger partial charge in [-0.1, -0.05) is 13.8 Å². The first kappa shape index (κ1) is 23.7. The Morgan fingerprint density at radius 2 is 1.78 bits per heavy atom. The highest BCUT2D eigenvalue weighted by Gasteiger charge is 2.28. The molecule has 1 aromatic carbocycles. The second-order valence-corrected chi connectivity index (χ2v) is 8.38. The van der Waals surface area contributed by atoms with Crippen LogP contribution in [-0.2, 0) is 16.1 Å². The summed E-state index contributed by atoms with van der Waals surface area (Å²) < 4.78 is 16.0. The van der Waals surface area contributed by atoms with E-state index in [-0.39, 0.29) is 18.1 Å². The average Bonchev–Trinajstić information content (AvgIpc) is 2.80. The standard InChI is InChI=1S/C24H32N2O6/c1-16(2)20(14-22(28)31-4)24-23(29)21(27)13-19(32-24)15-25-9-11-26(12-10-25)17-5-7-18(30-3)8-6-17/h5-8,13,16,20,29H,9-12,14-15H2,1-4H3/t20-/m0/s1. The summed E-state index contributed by atoms with van der Waals surface area (Å²) in [5.74, 6) is 0.165. The number of rotatable bonds is 8. The molecule has 8 nitrogen and oxygen atoms in total. The Kier molecular flexibility index (Phi) is 7.80. The van der Waals surface area contributed by atoms with Crippen LogP contribution >= 0.6 is 0 Å². The quantitative estimate of drug-likeness (QED) is 0.622. The van der Waals surface area contributed by atoms with Crippen LogP contribution in [0.1, 0.15) is 37.7 Å². The molecule has 0 bridgehead atoms. The Bertz CT molecular complexity index is 961. The minimum Gasteiger partial charge on any atom is -0.502 e. The number of carbonyl (C=O) groups excluding carboxylic acids is 1. The molecule has 174 valence electrons. The first-order valence-corrected chi connectivity index (χ1v) is 10.9.